The van der Waals surface area contributed by atoms with Crippen LogP contribution in [-0.2, 0) is 22.7 Å². The largest absolute Gasteiger partial charge is 0.457 e. The standard InChI is InChI=1S/C15H14Cl2N2O2/c16-15(17)8-12(15)14(20)21-10-13-18-6-7-19(13)9-11-4-2-1-3-5-11/h1-7,12H,8-10H2/t12-/m1/s1. The molecule has 2 aromatic rings. The molecule has 1 aliphatic rings. The summed E-state index contributed by atoms with van der Waals surface area (Å²) in [5, 5.41) is 0. The number of rotatable bonds is 5. The molecule has 0 aliphatic heterocycles. The van der Waals surface area contributed by atoms with Crippen LogP contribution in [0.5, 0.6) is 0 Å². The van der Waals surface area contributed by atoms with E-state index in [9.17, 15) is 4.79 Å². The Morgan fingerprint density at radius 3 is 2.76 bits per heavy atom. The topological polar surface area (TPSA) is 44.1 Å². The van der Waals surface area contributed by atoms with Crippen LogP contribution in [0, 0.1) is 5.92 Å². The number of esters is 1. The zero-order valence-electron chi connectivity index (χ0n) is 11.2. The van der Waals surface area contributed by atoms with Crippen LogP contribution >= 0.6 is 23.2 Å². The summed E-state index contributed by atoms with van der Waals surface area (Å²) >= 11 is 11.7. The first kappa shape index (κ1) is 14.4. The summed E-state index contributed by atoms with van der Waals surface area (Å²) < 4.78 is 6.23. The van der Waals surface area contributed by atoms with Crippen molar-refractivity contribution in [2.75, 3.05) is 0 Å². The van der Waals surface area contributed by atoms with Crippen LogP contribution in [0.1, 0.15) is 17.8 Å². The molecule has 1 aliphatic carbocycles. The number of benzene rings is 1. The van der Waals surface area contributed by atoms with Crippen LogP contribution in [0.4, 0.5) is 0 Å². The van der Waals surface area contributed by atoms with Crippen LogP contribution in [0.15, 0.2) is 42.7 Å². The Bertz CT molecular complexity index is 640. The maximum Gasteiger partial charge on any atom is 0.312 e. The van der Waals surface area contributed by atoms with E-state index in [-0.39, 0.29) is 12.6 Å². The molecule has 1 aromatic carbocycles. The molecule has 3 rings (SSSR count). The third-order valence-electron chi connectivity index (χ3n) is 3.45. The number of hydrogen-bond donors (Lipinski definition) is 0. The molecule has 0 amide bonds. The molecule has 0 spiro atoms. The third-order valence-corrected chi connectivity index (χ3v) is 4.29. The molecule has 1 aromatic heterocycles. The predicted molar refractivity (Wildman–Crippen MR) is 80.1 cm³/mol. The molecule has 110 valence electrons. The predicted octanol–water partition coefficient (Wildman–Crippen LogP) is 3.17. The zero-order chi connectivity index (χ0) is 14.9. The molecule has 4 nitrogen and oxygen atoms in total. The first-order valence-electron chi connectivity index (χ1n) is 6.65. The van der Waals surface area contributed by atoms with Gasteiger partial charge >= 0.3 is 5.97 Å². The minimum absolute atomic E-state index is 0.124. The van der Waals surface area contributed by atoms with Crippen LogP contribution in [0.3, 0.4) is 0 Å². The molecule has 0 unspecified atom stereocenters. The van der Waals surface area contributed by atoms with Gasteiger partial charge in [-0.2, -0.15) is 0 Å². The summed E-state index contributed by atoms with van der Waals surface area (Å²) in [7, 11) is 0. The molecule has 6 heteroatoms. The minimum Gasteiger partial charge on any atom is -0.457 e. The van der Waals surface area contributed by atoms with Crippen molar-refractivity contribution in [1.29, 1.82) is 0 Å². The SMILES string of the molecule is O=C(OCc1nccn1Cc1ccccc1)[C@H]1CC1(Cl)Cl. The molecular formula is C15H14Cl2N2O2. The van der Waals surface area contributed by atoms with E-state index in [1.165, 1.54) is 0 Å². The highest BCUT2D eigenvalue weighted by molar-refractivity contribution is 6.52. The van der Waals surface area contributed by atoms with Crippen molar-refractivity contribution in [2.24, 2.45) is 5.92 Å². The monoisotopic (exact) mass is 324 g/mol. The number of imidazole rings is 1. The molecule has 0 radical (unpaired) electrons. The second-order valence-corrected chi connectivity index (χ2v) is 6.62. The van der Waals surface area contributed by atoms with Crippen LogP contribution in [0.25, 0.3) is 0 Å². The summed E-state index contributed by atoms with van der Waals surface area (Å²) in [6.07, 6.45) is 4.00. The van der Waals surface area contributed by atoms with Crippen molar-refractivity contribution in [2.45, 2.75) is 23.9 Å². The highest BCUT2D eigenvalue weighted by Gasteiger charge is 2.57. The number of hydrogen-bond acceptors (Lipinski definition) is 3. The fraction of sp³-hybridized carbons (Fsp3) is 0.333. The number of carbonyl (C=O) groups excluding carboxylic acids is 1. The van der Waals surface area contributed by atoms with Gasteiger partial charge in [0.15, 0.2) is 0 Å². The molecule has 1 atom stereocenters. The number of aromatic nitrogens is 2. The molecule has 1 fully saturated rings. The molecule has 1 heterocycles. The smallest absolute Gasteiger partial charge is 0.312 e. The van der Waals surface area contributed by atoms with E-state index >= 15 is 0 Å². The normalized spacial score (nSPS) is 19.2. The van der Waals surface area contributed by atoms with Crippen molar-refractivity contribution in [3.63, 3.8) is 0 Å². The van der Waals surface area contributed by atoms with Gasteiger partial charge in [-0.05, 0) is 12.0 Å². The summed E-state index contributed by atoms with van der Waals surface area (Å²) in [4.78, 5) is 16.0. The second kappa shape index (κ2) is 5.70. The van der Waals surface area contributed by atoms with Crippen molar-refractivity contribution in [3.8, 4) is 0 Å². The Hall–Kier alpha value is -1.52. The fourth-order valence-corrected chi connectivity index (χ4v) is 2.60. The minimum atomic E-state index is -0.948. The molecule has 0 saturated heterocycles. The van der Waals surface area contributed by atoms with E-state index in [0.29, 0.717) is 18.8 Å². The van der Waals surface area contributed by atoms with Gasteiger partial charge in [-0.1, -0.05) is 30.3 Å². The molecule has 21 heavy (non-hydrogen) atoms. The van der Waals surface area contributed by atoms with Crippen LogP contribution < -0.4 is 0 Å². The summed E-state index contributed by atoms with van der Waals surface area (Å²) in [5.41, 5.74) is 1.16. The molecule has 0 bridgehead atoms. The second-order valence-electron chi connectivity index (χ2n) is 5.08. The maximum absolute atomic E-state index is 11.8. The Labute approximate surface area is 132 Å². The lowest BCUT2D eigenvalue weighted by Crippen LogP contribution is -2.13. The Morgan fingerprint density at radius 1 is 1.38 bits per heavy atom. The lowest BCUT2D eigenvalue weighted by atomic mass is 10.2. The number of ether oxygens (including phenoxy) is 1. The van der Waals surface area contributed by atoms with Gasteiger partial charge in [0, 0.05) is 18.9 Å². The van der Waals surface area contributed by atoms with Crippen molar-refractivity contribution < 1.29 is 9.53 Å². The average molecular weight is 325 g/mol. The van der Waals surface area contributed by atoms with Gasteiger partial charge in [-0.15, -0.1) is 23.2 Å². The van der Waals surface area contributed by atoms with Gasteiger partial charge in [-0.25, -0.2) is 4.98 Å². The summed E-state index contributed by atoms with van der Waals surface area (Å²) in [6.45, 7) is 0.811. The van der Waals surface area contributed by atoms with Gasteiger partial charge in [-0.3, -0.25) is 4.79 Å². The van der Waals surface area contributed by atoms with Crippen LogP contribution in [0.2, 0.25) is 0 Å². The summed E-state index contributed by atoms with van der Waals surface area (Å²) in [6, 6.07) is 10.0. The fourth-order valence-electron chi connectivity index (χ4n) is 2.11. The molecule has 1 saturated carbocycles. The van der Waals surface area contributed by atoms with E-state index < -0.39 is 10.3 Å². The Balaban J connectivity index is 1.60. The maximum atomic E-state index is 11.8. The Kier molecular flexibility index (Phi) is 3.91. The van der Waals surface area contributed by atoms with Gasteiger partial charge in [0.1, 0.15) is 16.8 Å². The number of carbonyl (C=O) groups is 1. The number of alkyl halides is 2. The van der Waals surface area contributed by atoms with Crippen molar-refractivity contribution in [3.05, 3.63) is 54.1 Å². The van der Waals surface area contributed by atoms with Crippen molar-refractivity contribution in [1.82, 2.24) is 9.55 Å². The van der Waals surface area contributed by atoms with E-state index in [1.807, 2.05) is 41.1 Å². The lowest BCUT2D eigenvalue weighted by Gasteiger charge is -2.09. The van der Waals surface area contributed by atoms with Crippen LogP contribution in [-0.4, -0.2) is 19.9 Å². The highest BCUT2D eigenvalue weighted by Crippen LogP contribution is 2.53. The first-order chi connectivity index (χ1) is 10.1. The third kappa shape index (κ3) is 3.39. The van der Waals surface area contributed by atoms with Gasteiger partial charge in [0.05, 0.1) is 5.92 Å². The number of nitrogens with zero attached hydrogens (tertiary/aromatic N) is 2. The average Bonchev–Trinajstić information content (AvgIpc) is 2.90. The first-order valence-corrected chi connectivity index (χ1v) is 7.40. The van der Waals surface area contributed by atoms with E-state index in [0.717, 1.165) is 5.56 Å². The highest BCUT2D eigenvalue weighted by atomic mass is 35.5. The van der Waals surface area contributed by atoms with Gasteiger partial charge in [0.2, 0.25) is 0 Å². The van der Waals surface area contributed by atoms with E-state index in [2.05, 4.69) is 4.98 Å². The lowest BCUT2D eigenvalue weighted by molar-refractivity contribution is -0.146. The van der Waals surface area contributed by atoms with Gasteiger partial charge < -0.3 is 9.30 Å². The van der Waals surface area contributed by atoms with E-state index in [4.69, 9.17) is 27.9 Å². The zero-order valence-corrected chi connectivity index (χ0v) is 12.7. The quantitative estimate of drug-likeness (QED) is 0.626. The Morgan fingerprint density at radius 2 is 2.10 bits per heavy atom. The molecular weight excluding hydrogens is 311 g/mol. The van der Waals surface area contributed by atoms with Crippen molar-refractivity contribution >= 4 is 29.2 Å². The molecule has 0 N–H and O–H groups in total. The van der Waals surface area contributed by atoms with E-state index in [1.54, 1.807) is 6.20 Å². The summed E-state index contributed by atoms with van der Waals surface area (Å²) in [5.74, 6) is -0.0878. The number of halogens is 2. The van der Waals surface area contributed by atoms with Gasteiger partial charge in [0.25, 0.3) is 0 Å².